The summed E-state index contributed by atoms with van der Waals surface area (Å²) in [5.41, 5.74) is 2.40. The van der Waals surface area contributed by atoms with E-state index in [1.54, 1.807) is 17.2 Å². The molecule has 2 aromatic rings. The largest absolute Gasteiger partial charge is 0.457 e. The molecular weight excluding hydrogens is 245 g/mol. The number of para-hydroxylation sites is 1. The molecule has 2 heterocycles. The molecule has 0 aliphatic carbocycles. The maximum absolute atomic E-state index is 10.4. The summed E-state index contributed by atoms with van der Waals surface area (Å²) in [6, 6.07) is 11.2. The second-order valence-electron chi connectivity index (χ2n) is 3.97. The van der Waals surface area contributed by atoms with Crippen LogP contribution >= 0.6 is 12.2 Å². The van der Waals surface area contributed by atoms with Crippen LogP contribution in [0.2, 0.25) is 0 Å². The molecule has 0 amide bonds. The summed E-state index contributed by atoms with van der Waals surface area (Å²) in [5, 5.41) is 14.0. The fraction of sp³-hybridized carbons (Fsp3) is 0. The van der Waals surface area contributed by atoms with E-state index in [4.69, 9.17) is 12.2 Å². The number of hydrogen-bond donors (Lipinski definition) is 2. The molecule has 1 aliphatic heterocycles. The van der Waals surface area contributed by atoms with Crippen molar-refractivity contribution in [3.05, 3.63) is 48.8 Å². The summed E-state index contributed by atoms with van der Waals surface area (Å²) in [6.45, 7) is 0. The fourth-order valence-electron chi connectivity index (χ4n) is 2.02. The maximum Gasteiger partial charge on any atom is 0.457 e. The number of benzene rings is 1. The molecule has 1 aromatic heterocycles. The van der Waals surface area contributed by atoms with Crippen LogP contribution in [0.5, 0.6) is 0 Å². The van der Waals surface area contributed by atoms with Crippen LogP contribution in [0.1, 0.15) is 0 Å². The van der Waals surface area contributed by atoms with Gasteiger partial charge in [0, 0.05) is 18.1 Å². The van der Waals surface area contributed by atoms with E-state index < -0.39 is 7.05 Å². The van der Waals surface area contributed by atoms with Crippen molar-refractivity contribution in [3.63, 3.8) is 0 Å². The Balaban J connectivity index is 2.06. The first-order chi connectivity index (χ1) is 8.77. The predicted molar refractivity (Wildman–Crippen MR) is 77.0 cm³/mol. The van der Waals surface area contributed by atoms with Crippen LogP contribution in [-0.4, -0.2) is 22.2 Å². The number of hydrogen-bond acceptors (Lipinski definition) is 3. The number of nitrogens with one attached hydrogen (secondary N) is 1. The molecule has 3 rings (SSSR count). The van der Waals surface area contributed by atoms with Gasteiger partial charge in [-0.15, -0.1) is 0 Å². The van der Waals surface area contributed by atoms with E-state index in [-0.39, 0.29) is 0 Å². The molecule has 0 radical (unpaired) electrons. The average Bonchev–Trinajstić information content (AvgIpc) is 2.40. The van der Waals surface area contributed by atoms with Gasteiger partial charge in [0.05, 0.1) is 5.69 Å². The first-order valence-corrected chi connectivity index (χ1v) is 5.95. The standard InChI is InChI=1S/C12H10BN3OS/c17-13-10-5-1-2-6-11(10)15-12(18)16(13)9-4-3-7-14-8-9/h1-8,17H,(H,15,18). The number of thiocarbonyl (C=S) groups is 1. The summed E-state index contributed by atoms with van der Waals surface area (Å²) >= 11 is 5.29. The van der Waals surface area contributed by atoms with E-state index in [1.807, 2.05) is 36.4 Å². The van der Waals surface area contributed by atoms with Crippen LogP contribution in [0.25, 0.3) is 0 Å². The first-order valence-electron chi connectivity index (χ1n) is 5.54. The lowest BCUT2D eigenvalue weighted by molar-refractivity contribution is 0.586. The molecule has 1 aromatic carbocycles. The van der Waals surface area contributed by atoms with Gasteiger partial charge in [-0.05, 0) is 35.9 Å². The van der Waals surface area contributed by atoms with Crippen LogP contribution in [0, 0.1) is 0 Å². The van der Waals surface area contributed by atoms with E-state index in [9.17, 15) is 5.02 Å². The maximum atomic E-state index is 10.4. The summed E-state index contributed by atoms with van der Waals surface area (Å²) < 4.78 is 0. The van der Waals surface area contributed by atoms with Crippen LogP contribution in [0.3, 0.4) is 0 Å². The molecule has 1 aliphatic rings. The van der Waals surface area contributed by atoms with Gasteiger partial charge in [-0.25, -0.2) is 0 Å². The van der Waals surface area contributed by atoms with Crippen molar-refractivity contribution in [2.75, 3.05) is 10.1 Å². The van der Waals surface area contributed by atoms with Crippen molar-refractivity contribution >= 4 is 41.2 Å². The van der Waals surface area contributed by atoms with E-state index in [0.29, 0.717) is 5.11 Å². The van der Waals surface area contributed by atoms with Crippen LogP contribution in [0.4, 0.5) is 11.4 Å². The number of fused-ring (bicyclic) bond motifs is 1. The zero-order chi connectivity index (χ0) is 12.5. The van der Waals surface area contributed by atoms with Gasteiger partial charge in [-0.3, -0.25) is 4.98 Å². The topological polar surface area (TPSA) is 48.4 Å². The summed E-state index contributed by atoms with van der Waals surface area (Å²) in [7, 11) is -0.792. The van der Waals surface area contributed by atoms with Gasteiger partial charge in [-0.1, -0.05) is 18.2 Å². The Labute approximate surface area is 110 Å². The average molecular weight is 255 g/mol. The molecule has 6 heteroatoms. The van der Waals surface area contributed by atoms with Crippen molar-refractivity contribution in [1.82, 2.24) is 4.98 Å². The number of rotatable bonds is 1. The van der Waals surface area contributed by atoms with Crippen molar-refractivity contribution in [3.8, 4) is 0 Å². The monoisotopic (exact) mass is 255 g/mol. The summed E-state index contributed by atoms with van der Waals surface area (Å²) in [5.74, 6) is 0. The molecule has 0 fully saturated rings. The van der Waals surface area contributed by atoms with Gasteiger partial charge in [0.15, 0.2) is 5.11 Å². The van der Waals surface area contributed by atoms with Crippen LogP contribution in [0.15, 0.2) is 48.8 Å². The Kier molecular flexibility index (Phi) is 2.73. The van der Waals surface area contributed by atoms with Crippen molar-refractivity contribution in [2.24, 2.45) is 0 Å². The molecule has 0 unspecified atom stereocenters. The Morgan fingerprint density at radius 2 is 2.06 bits per heavy atom. The SMILES string of the molecule is OB1c2ccccc2NC(=S)N1c1cccnc1. The third-order valence-corrected chi connectivity index (χ3v) is 3.17. The lowest BCUT2D eigenvalue weighted by atomic mass is 9.69. The molecule has 88 valence electrons. The smallest absolute Gasteiger partial charge is 0.428 e. The molecular formula is C12H10BN3OS. The minimum Gasteiger partial charge on any atom is -0.428 e. The van der Waals surface area contributed by atoms with Crippen molar-refractivity contribution < 1.29 is 5.02 Å². The van der Waals surface area contributed by atoms with Crippen molar-refractivity contribution in [1.29, 1.82) is 0 Å². The van der Waals surface area contributed by atoms with Gasteiger partial charge < -0.3 is 15.2 Å². The van der Waals surface area contributed by atoms with Gasteiger partial charge in [-0.2, -0.15) is 0 Å². The normalized spacial score (nSPS) is 14.2. The molecule has 0 spiro atoms. The van der Waals surface area contributed by atoms with Crippen LogP contribution < -0.4 is 15.6 Å². The Morgan fingerprint density at radius 1 is 1.22 bits per heavy atom. The number of anilines is 2. The molecule has 0 saturated carbocycles. The molecule has 0 bridgehead atoms. The van der Waals surface area contributed by atoms with Gasteiger partial charge in [0.1, 0.15) is 0 Å². The molecule has 2 N–H and O–H groups in total. The fourth-order valence-corrected chi connectivity index (χ4v) is 2.33. The summed E-state index contributed by atoms with van der Waals surface area (Å²) in [4.78, 5) is 5.69. The van der Waals surface area contributed by atoms with E-state index in [0.717, 1.165) is 16.8 Å². The third kappa shape index (κ3) is 1.75. The van der Waals surface area contributed by atoms with Gasteiger partial charge in [0.2, 0.25) is 0 Å². The highest BCUT2D eigenvalue weighted by Gasteiger charge is 2.34. The van der Waals surface area contributed by atoms with Crippen LogP contribution in [-0.2, 0) is 0 Å². The highest BCUT2D eigenvalue weighted by molar-refractivity contribution is 7.81. The number of pyridine rings is 1. The molecule has 4 nitrogen and oxygen atoms in total. The molecule has 18 heavy (non-hydrogen) atoms. The van der Waals surface area contributed by atoms with Crippen molar-refractivity contribution in [2.45, 2.75) is 0 Å². The predicted octanol–water partition coefficient (Wildman–Crippen LogP) is 0.986. The third-order valence-electron chi connectivity index (χ3n) is 2.87. The minimum absolute atomic E-state index is 0.467. The quantitative estimate of drug-likeness (QED) is 0.587. The Morgan fingerprint density at radius 3 is 2.83 bits per heavy atom. The summed E-state index contributed by atoms with van der Waals surface area (Å²) in [6.07, 6.45) is 3.36. The zero-order valence-electron chi connectivity index (χ0n) is 9.45. The van der Waals surface area contributed by atoms with E-state index in [1.165, 1.54) is 0 Å². The zero-order valence-corrected chi connectivity index (χ0v) is 10.3. The van der Waals surface area contributed by atoms with Gasteiger partial charge >= 0.3 is 7.05 Å². The Bertz CT molecular complexity index is 593. The second kappa shape index (κ2) is 4.40. The number of nitrogens with zero attached hydrogens (tertiary/aromatic N) is 2. The van der Waals surface area contributed by atoms with E-state index >= 15 is 0 Å². The first kappa shape index (κ1) is 11.2. The highest BCUT2D eigenvalue weighted by atomic mass is 32.1. The molecule has 0 atom stereocenters. The molecule has 0 saturated heterocycles. The lowest BCUT2D eigenvalue weighted by Crippen LogP contribution is -2.58. The second-order valence-corrected chi connectivity index (χ2v) is 4.36. The highest BCUT2D eigenvalue weighted by Crippen LogP contribution is 2.20. The van der Waals surface area contributed by atoms with E-state index in [2.05, 4.69) is 10.3 Å². The number of aromatic nitrogens is 1. The Hall–Kier alpha value is -1.92. The lowest BCUT2D eigenvalue weighted by Gasteiger charge is -2.33. The van der Waals surface area contributed by atoms with Gasteiger partial charge in [0.25, 0.3) is 0 Å². The minimum atomic E-state index is -0.792.